The average molecular weight is 341 g/mol. The van der Waals surface area contributed by atoms with Gasteiger partial charge in [-0.2, -0.15) is 0 Å². The molecule has 0 radical (unpaired) electrons. The maximum atomic E-state index is 12.4. The highest BCUT2D eigenvalue weighted by Crippen LogP contribution is 2.44. The Morgan fingerprint density at radius 3 is 2.75 bits per heavy atom. The number of nitrogens with one attached hydrogen (secondary N) is 1. The van der Waals surface area contributed by atoms with Gasteiger partial charge in [-0.1, -0.05) is 11.6 Å². The van der Waals surface area contributed by atoms with Gasteiger partial charge < -0.3 is 10.2 Å². The Hall–Kier alpha value is -2.33. The van der Waals surface area contributed by atoms with Crippen LogP contribution in [0.25, 0.3) is 0 Å². The molecule has 0 aliphatic carbocycles. The highest BCUT2D eigenvalue weighted by atomic mass is 35.5. The molecule has 0 bridgehead atoms. The predicted molar refractivity (Wildman–Crippen MR) is 94.9 cm³/mol. The van der Waals surface area contributed by atoms with Crippen molar-refractivity contribution < 1.29 is 9.59 Å². The van der Waals surface area contributed by atoms with Crippen LogP contribution in [0.1, 0.15) is 40.7 Å². The molecule has 4 rings (SSSR count). The second kappa shape index (κ2) is 5.64. The number of nitrogens with zero attached hydrogens (tertiary/aromatic N) is 1. The van der Waals surface area contributed by atoms with E-state index in [1.165, 1.54) is 0 Å². The van der Waals surface area contributed by atoms with Crippen LogP contribution in [0.2, 0.25) is 5.02 Å². The topological polar surface area (TPSA) is 49.4 Å². The summed E-state index contributed by atoms with van der Waals surface area (Å²) in [6.07, 6.45) is 1.89. The maximum Gasteiger partial charge on any atom is 0.255 e. The van der Waals surface area contributed by atoms with E-state index in [2.05, 4.69) is 5.32 Å². The van der Waals surface area contributed by atoms with Gasteiger partial charge in [0.15, 0.2) is 0 Å². The molecule has 2 amide bonds. The molecule has 2 aliphatic heterocycles. The first kappa shape index (κ1) is 15.2. The van der Waals surface area contributed by atoms with Gasteiger partial charge in [-0.25, -0.2) is 0 Å². The third kappa shape index (κ3) is 2.38. The Morgan fingerprint density at radius 1 is 1.25 bits per heavy atom. The summed E-state index contributed by atoms with van der Waals surface area (Å²) in [5, 5.41) is 3.54. The van der Waals surface area contributed by atoms with E-state index in [0.29, 0.717) is 10.6 Å². The lowest BCUT2D eigenvalue weighted by molar-refractivity contribution is -0.119. The minimum absolute atomic E-state index is 0.149. The van der Waals surface area contributed by atoms with Crippen molar-refractivity contribution in [2.24, 2.45) is 0 Å². The molecule has 1 atom stereocenters. The number of amides is 2. The van der Waals surface area contributed by atoms with E-state index >= 15 is 0 Å². The summed E-state index contributed by atoms with van der Waals surface area (Å²) >= 11 is 5.86. The normalized spacial score (nSPS) is 18.5. The molecule has 24 heavy (non-hydrogen) atoms. The van der Waals surface area contributed by atoms with Crippen molar-refractivity contribution in [2.45, 2.75) is 25.7 Å². The molecular weight excluding hydrogens is 324 g/mol. The molecule has 1 unspecified atom stereocenters. The number of anilines is 2. The molecule has 0 fully saturated rings. The van der Waals surface area contributed by atoms with Crippen LogP contribution in [-0.2, 0) is 11.2 Å². The van der Waals surface area contributed by atoms with E-state index < -0.39 is 0 Å². The lowest BCUT2D eigenvalue weighted by atomic mass is 9.96. The number of hydrogen-bond acceptors (Lipinski definition) is 2. The fourth-order valence-corrected chi connectivity index (χ4v) is 3.70. The first-order chi connectivity index (χ1) is 11.5. The average Bonchev–Trinajstić information content (AvgIpc) is 2.82. The second-order valence-corrected chi connectivity index (χ2v) is 6.79. The molecule has 2 heterocycles. The second-order valence-electron chi connectivity index (χ2n) is 6.35. The van der Waals surface area contributed by atoms with Gasteiger partial charge in [-0.3, -0.25) is 9.59 Å². The Labute approximate surface area is 145 Å². The molecule has 0 saturated heterocycles. The van der Waals surface area contributed by atoms with Gasteiger partial charge in [-0.05, 0) is 67.3 Å². The van der Waals surface area contributed by atoms with Crippen LogP contribution in [-0.4, -0.2) is 18.4 Å². The lowest BCUT2D eigenvalue weighted by Crippen LogP contribution is -2.32. The zero-order chi connectivity index (χ0) is 16.8. The van der Waals surface area contributed by atoms with Crippen molar-refractivity contribution in [3.8, 4) is 0 Å². The van der Waals surface area contributed by atoms with Crippen LogP contribution in [0.5, 0.6) is 0 Å². The van der Waals surface area contributed by atoms with Crippen molar-refractivity contribution in [3.63, 3.8) is 0 Å². The van der Waals surface area contributed by atoms with Crippen LogP contribution in [0.4, 0.5) is 11.4 Å². The van der Waals surface area contributed by atoms with E-state index in [9.17, 15) is 9.59 Å². The molecule has 2 aliphatic rings. The molecule has 2 aromatic carbocycles. The summed E-state index contributed by atoms with van der Waals surface area (Å²) in [6, 6.07) is 10.7. The van der Waals surface area contributed by atoms with E-state index in [4.69, 9.17) is 11.6 Å². The SMILES string of the molecule is CC1C(=O)N2CCCc3cc(NC(=O)c4ccc(Cl)cc4)cc1c32. The molecule has 1 N–H and O–H groups in total. The van der Waals surface area contributed by atoms with Gasteiger partial charge in [0, 0.05) is 22.8 Å². The van der Waals surface area contributed by atoms with Gasteiger partial charge in [0.1, 0.15) is 0 Å². The van der Waals surface area contributed by atoms with Crippen molar-refractivity contribution in [2.75, 3.05) is 16.8 Å². The van der Waals surface area contributed by atoms with Gasteiger partial charge in [0.05, 0.1) is 11.6 Å². The maximum absolute atomic E-state index is 12.4. The highest BCUT2D eigenvalue weighted by Gasteiger charge is 2.37. The van der Waals surface area contributed by atoms with Gasteiger partial charge in [0.25, 0.3) is 5.91 Å². The molecule has 0 aromatic heterocycles. The number of benzene rings is 2. The number of carbonyl (C=O) groups excluding carboxylic acids is 2. The van der Waals surface area contributed by atoms with E-state index in [0.717, 1.165) is 41.9 Å². The van der Waals surface area contributed by atoms with Crippen molar-refractivity contribution in [1.29, 1.82) is 0 Å². The Bertz CT molecular complexity index is 845. The zero-order valence-electron chi connectivity index (χ0n) is 13.3. The number of rotatable bonds is 2. The first-order valence-electron chi connectivity index (χ1n) is 8.09. The van der Waals surface area contributed by atoms with Crippen LogP contribution in [0.15, 0.2) is 36.4 Å². The monoisotopic (exact) mass is 340 g/mol. The summed E-state index contributed by atoms with van der Waals surface area (Å²) in [7, 11) is 0. The van der Waals surface area contributed by atoms with Crippen molar-refractivity contribution in [3.05, 3.63) is 58.1 Å². The smallest absolute Gasteiger partial charge is 0.255 e. The zero-order valence-corrected chi connectivity index (χ0v) is 14.1. The third-order valence-electron chi connectivity index (χ3n) is 4.78. The Kier molecular flexibility index (Phi) is 3.57. The summed E-state index contributed by atoms with van der Waals surface area (Å²) < 4.78 is 0. The molecular formula is C19H17ClN2O2. The Morgan fingerprint density at radius 2 is 2.00 bits per heavy atom. The Balaban J connectivity index is 1.67. The van der Waals surface area contributed by atoms with Crippen LogP contribution < -0.4 is 10.2 Å². The summed E-state index contributed by atoms with van der Waals surface area (Å²) in [5.74, 6) is -0.167. The van der Waals surface area contributed by atoms with Crippen LogP contribution in [0, 0.1) is 0 Å². The van der Waals surface area contributed by atoms with Gasteiger partial charge in [-0.15, -0.1) is 0 Å². The van der Waals surface area contributed by atoms with Crippen LogP contribution >= 0.6 is 11.6 Å². The van der Waals surface area contributed by atoms with Crippen LogP contribution in [0.3, 0.4) is 0 Å². The van der Waals surface area contributed by atoms with Crippen molar-refractivity contribution >= 4 is 34.8 Å². The largest absolute Gasteiger partial charge is 0.322 e. The number of halogens is 1. The van der Waals surface area contributed by atoms with Gasteiger partial charge >= 0.3 is 0 Å². The van der Waals surface area contributed by atoms with E-state index in [1.807, 2.05) is 24.0 Å². The molecule has 4 nitrogen and oxygen atoms in total. The molecule has 5 heteroatoms. The predicted octanol–water partition coefficient (Wildman–Crippen LogP) is 3.99. The first-order valence-corrected chi connectivity index (χ1v) is 8.47. The van der Waals surface area contributed by atoms with E-state index in [1.54, 1.807) is 24.3 Å². The third-order valence-corrected chi connectivity index (χ3v) is 5.04. The molecule has 0 spiro atoms. The molecule has 2 aromatic rings. The number of carbonyl (C=O) groups is 2. The quantitative estimate of drug-likeness (QED) is 0.898. The summed E-state index contributed by atoms with van der Waals surface area (Å²) in [5.41, 5.74) is 4.51. The summed E-state index contributed by atoms with van der Waals surface area (Å²) in [4.78, 5) is 26.7. The summed E-state index contributed by atoms with van der Waals surface area (Å²) in [6.45, 7) is 2.72. The van der Waals surface area contributed by atoms with E-state index in [-0.39, 0.29) is 17.7 Å². The molecule has 122 valence electrons. The minimum atomic E-state index is -0.177. The fraction of sp³-hybridized carbons (Fsp3) is 0.263. The highest BCUT2D eigenvalue weighted by molar-refractivity contribution is 6.30. The number of aryl methyl sites for hydroxylation is 1. The van der Waals surface area contributed by atoms with Crippen molar-refractivity contribution in [1.82, 2.24) is 0 Å². The van der Waals surface area contributed by atoms with Gasteiger partial charge in [0.2, 0.25) is 5.91 Å². The molecule has 0 saturated carbocycles. The minimum Gasteiger partial charge on any atom is -0.322 e. The standard InChI is InChI=1S/C19H17ClN2O2/c1-11-16-10-15(21-18(23)12-4-6-14(20)7-5-12)9-13-3-2-8-22(17(13)16)19(11)24/h4-7,9-11H,2-3,8H2,1H3,(H,21,23). The lowest BCUT2D eigenvalue weighted by Gasteiger charge is -2.26. The number of hydrogen-bond donors (Lipinski definition) is 1. The fourth-order valence-electron chi connectivity index (χ4n) is 3.57.